The molecule has 0 amide bonds. The number of hydrogen-bond donors (Lipinski definition) is 2. The van der Waals surface area contributed by atoms with Gasteiger partial charge in [0.25, 0.3) is 0 Å². The van der Waals surface area contributed by atoms with Crippen molar-refractivity contribution < 1.29 is 15.2 Å². The molecule has 1 atom stereocenters. The van der Waals surface area contributed by atoms with Crippen LogP contribution in [0.5, 0.6) is 5.88 Å². The largest absolute Gasteiger partial charge is 0.595 e. The van der Waals surface area contributed by atoms with Gasteiger partial charge in [-0.2, -0.15) is 5.23 Å². The number of fused-ring (bicyclic) bond motifs is 1. The van der Waals surface area contributed by atoms with E-state index < -0.39 is 5.23 Å². The van der Waals surface area contributed by atoms with Gasteiger partial charge in [-0.25, -0.2) is 5.21 Å². The molecular weight excluding hydrogens is 342 g/mol. The van der Waals surface area contributed by atoms with Gasteiger partial charge in [0.15, 0.2) is 5.69 Å². The minimum Gasteiger partial charge on any atom is -0.595 e. The summed E-state index contributed by atoms with van der Waals surface area (Å²) in [4.78, 5) is 0. The Morgan fingerprint density at radius 2 is 1.59 bits per heavy atom. The number of ether oxygens (including phenoxy) is 1. The molecule has 1 heterocycles. The second kappa shape index (κ2) is 7.59. The average Bonchev–Trinajstić information content (AvgIpc) is 3.05. The molecule has 4 aromatic rings. The summed E-state index contributed by atoms with van der Waals surface area (Å²) >= 11 is 0. The highest BCUT2D eigenvalue weighted by Crippen LogP contribution is 2.28. The van der Waals surface area contributed by atoms with Crippen LogP contribution in [0.4, 0.5) is 5.69 Å². The quantitative estimate of drug-likeness (QED) is 0.518. The number of hydrogen-bond acceptors (Lipinski definition) is 4. The summed E-state index contributed by atoms with van der Waals surface area (Å²) in [6.07, 6.45) is 0. The Morgan fingerprint density at radius 1 is 0.926 bits per heavy atom. The molecule has 1 aromatic heterocycles. The molecule has 3 aromatic carbocycles. The molecule has 0 aliphatic carbocycles. The Morgan fingerprint density at radius 3 is 2.26 bits per heavy atom. The van der Waals surface area contributed by atoms with Crippen molar-refractivity contribution in [2.24, 2.45) is 0 Å². The standard InChI is InChI=1S/C21H19N3O3/c25-24(26)18-11-12-20-19(13-18)21(27-15-17-9-5-2-6-10-17)22-23(20)14-16-7-3-1-4-8-16/h1-13,24-25H,14-15H2. The van der Waals surface area contributed by atoms with Crippen LogP contribution in [0.15, 0.2) is 78.9 Å². The number of quaternary nitrogens is 1. The third-order valence-corrected chi connectivity index (χ3v) is 4.36. The molecule has 0 saturated carbocycles. The van der Waals surface area contributed by atoms with Gasteiger partial charge in [-0.05, 0) is 17.2 Å². The lowest BCUT2D eigenvalue weighted by Gasteiger charge is -2.11. The van der Waals surface area contributed by atoms with E-state index in [2.05, 4.69) is 5.10 Å². The Kier molecular flexibility index (Phi) is 4.84. The Labute approximate surface area is 156 Å². The van der Waals surface area contributed by atoms with E-state index in [0.717, 1.165) is 16.6 Å². The maximum atomic E-state index is 11.4. The summed E-state index contributed by atoms with van der Waals surface area (Å²) in [6, 6.07) is 24.8. The van der Waals surface area contributed by atoms with Gasteiger partial charge in [-0.3, -0.25) is 4.68 Å². The van der Waals surface area contributed by atoms with Crippen LogP contribution in [-0.4, -0.2) is 15.0 Å². The van der Waals surface area contributed by atoms with Crippen molar-refractivity contribution in [2.45, 2.75) is 13.2 Å². The molecule has 4 rings (SSSR count). The Bertz CT molecular complexity index is 1030. The van der Waals surface area contributed by atoms with E-state index in [1.165, 1.54) is 0 Å². The SMILES string of the molecule is [O-][NH+](O)c1ccc2c(c1)c(OCc1ccccc1)nn2Cc1ccccc1. The van der Waals surface area contributed by atoms with Crippen LogP contribution in [-0.2, 0) is 13.2 Å². The van der Waals surface area contributed by atoms with Crippen molar-refractivity contribution in [1.82, 2.24) is 9.78 Å². The van der Waals surface area contributed by atoms with Gasteiger partial charge >= 0.3 is 0 Å². The minimum absolute atomic E-state index is 0.214. The molecule has 6 nitrogen and oxygen atoms in total. The van der Waals surface area contributed by atoms with Crippen LogP contribution in [0.3, 0.4) is 0 Å². The van der Waals surface area contributed by atoms with Crippen molar-refractivity contribution in [3.05, 3.63) is 95.2 Å². The molecular formula is C21H19N3O3. The molecule has 2 N–H and O–H groups in total. The van der Waals surface area contributed by atoms with Crippen LogP contribution in [0.25, 0.3) is 10.9 Å². The highest BCUT2D eigenvalue weighted by atomic mass is 16.8. The molecule has 0 spiro atoms. The normalized spacial score (nSPS) is 12.2. The molecule has 0 saturated heterocycles. The van der Waals surface area contributed by atoms with Gasteiger partial charge < -0.3 is 9.94 Å². The van der Waals surface area contributed by atoms with E-state index in [1.807, 2.05) is 65.3 Å². The second-order valence-electron chi connectivity index (χ2n) is 6.26. The third-order valence-electron chi connectivity index (χ3n) is 4.36. The fourth-order valence-electron chi connectivity index (χ4n) is 2.99. The smallest absolute Gasteiger partial charge is 0.241 e. The van der Waals surface area contributed by atoms with Crippen molar-refractivity contribution in [3.63, 3.8) is 0 Å². The number of rotatable bonds is 6. The third kappa shape index (κ3) is 3.83. The predicted molar refractivity (Wildman–Crippen MR) is 102 cm³/mol. The van der Waals surface area contributed by atoms with E-state index in [0.29, 0.717) is 24.4 Å². The first-order valence-corrected chi connectivity index (χ1v) is 8.65. The van der Waals surface area contributed by atoms with Crippen LogP contribution in [0, 0.1) is 5.21 Å². The number of nitrogens with one attached hydrogen (secondary N) is 1. The van der Waals surface area contributed by atoms with E-state index >= 15 is 0 Å². The summed E-state index contributed by atoms with van der Waals surface area (Å²) in [6.45, 7) is 0.952. The Hall–Kier alpha value is -3.19. The van der Waals surface area contributed by atoms with Crippen molar-refractivity contribution >= 4 is 16.6 Å². The maximum Gasteiger partial charge on any atom is 0.241 e. The molecule has 1 unspecified atom stereocenters. The lowest BCUT2D eigenvalue weighted by Crippen LogP contribution is -2.99. The van der Waals surface area contributed by atoms with Gasteiger partial charge in [0.05, 0.1) is 17.4 Å². The Balaban J connectivity index is 1.70. The fourth-order valence-corrected chi connectivity index (χ4v) is 2.99. The van der Waals surface area contributed by atoms with E-state index in [4.69, 9.17) is 4.74 Å². The number of nitrogens with zero attached hydrogens (tertiary/aromatic N) is 2. The van der Waals surface area contributed by atoms with Crippen LogP contribution in [0.1, 0.15) is 11.1 Å². The number of benzene rings is 3. The summed E-state index contributed by atoms with van der Waals surface area (Å²) < 4.78 is 7.78. The van der Waals surface area contributed by atoms with Crippen LogP contribution >= 0.6 is 0 Å². The molecule has 6 heteroatoms. The van der Waals surface area contributed by atoms with Crippen LogP contribution in [0.2, 0.25) is 0 Å². The topological polar surface area (TPSA) is 74.8 Å². The highest BCUT2D eigenvalue weighted by molar-refractivity contribution is 5.86. The zero-order valence-corrected chi connectivity index (χ0v) is 14.6. The van der Waals surface area contributed by atoms with E-state index in [-0.39, 0.29) is 5.69 Å². The first-order valence-electron chi connectivity index (χ1n) is 8.65. The maximum absolute atomic E-state index is 11.4. The van der Waals surface area contributed by atoms with Gasteiger partial charge in [0.2, 0.25) is 5.88 Å². The first-order chi connectivity index (χ1) is 13.2. The van der Waals surface area contributed by atoms with Crippen molar-refractivity contribution in [2.75, 3.05) is 0 Å². The molecule has 0 fully saturated rings. The molecule has 136 valence electrons. The van der Waals surface area contributed by atoms with E-state index in [9.17, 15) is 10.4 Å². The van der Waals surface area contributed by atoms with E-state index in [1.54, 1.807) is 18.2 Å². The van der Waals surface area contributed by atoms with Crippen molar-refractivity contribution in [1.29, 1.82) is 0 Å². The number of aromatic nitrogens is 2. The van der Waals surface area contributed by atoms with Crippen LogP contribution < -0.4 is 9.96 Å². The zero-order valence-electron chi connectivity index (χ0n) is 14.6. The highest BCUT2D eigenvalue weighted by Gasteiger charge is 2.15. The summed E-state index contributed by atoms with van der Waals surface area (Å²) in [5.41, 5.74) is 3.19. The summed E-state index contributed by atoms with van der Waals surface area (Å²) in [5, 5.41) is 25.0. The van der Waals surface area contributed by atoms with Gasteiger partial charge in [-0.15, -0.1) is 5.10 Å². The zero-order chi connectivity index (χ0) is 18.6. The average molecular weight is 361 g/mol. The lowest BCUT2D eigenvalue weighted by atomic mass is 10.2. The monoisotopic (exact) mass is 361 g/mol. The second-order valence-corrected chi connectivity index (χ2v) is 6.26. The van der Waals surface area contributed by atoms with Crippen molar-refractivity contribution in [3.8, 4) is 5.88 Å². The lowest BCUT2D eigenvalue weighted by molar-refractivity contribution is -0.991. The molecule has 0 aliphatic heterocycles. The molecule has 27 heavy (non-hydrogen) atoms. The molecule has 0 radical (unpaired) electrons. The summed E-state index contributed by atoms with van der Waals surface area (Å²) in [7, 11) is 0. The predicted octanol–water partition coefficient (Wildman–Crippen LogP) is 3.07. The van der Waals surface area contributed by atoms with Gasteiger partial charge in [0.1, 0.15) is 6.61 Å². The fraction of sp³-hybridized carbons (Fsp3) is 0.0952. The van der Waals surface area contributed by atoms with Gasteiger partial charge in [-0.1, -0.05) is 60.7 Å². The summed E-state index contributed by atoms with van der Waals surface area (Å²) in [5.74, 6) is 0.438. The molecule has 0 aliphatic rings. The van der Waals surface area contributed by atoms with Gasteiger partial charge in [0, 0.05) is 12.1 Å². The first kappa shape index (κ1) is 17.2. The molecule has 0 bridgehead atoms. The minimum atomic E-state index is -0.971.